The quantitative estimate of drug-likeness (QED) is 0.459. The molecule has 1 nitrogen and oxygen atoms in total. The summed E-state index contributed by atoms with van der Waals surface area (Å²) in [6.45, 7) is 11.2. The molecule has 0 aromatic heterocycles. The lowest BCUT2D eigenvalue weighted by atomic mass is 10.1. The van der Waals surface area contributed by atoms with Crippen LogP contribution in [0, 0.1) is 0 Å². The fourth-order valence-corrected chi connectivity index (χ4v) is 2.60. The highest BCUT2D eigenvalue weighted by molar-refractivity contribution is 4.43. The van der Waals surface area contributed by atoms with Gasteiger partial charge in [-0.3, -0.25) is 0 Å². The predicted octanol–water partition coefficient (Wildman–Crippen LogP) is 1.23. The van der Waals surface area contributed by atoms with Crippen LogP contribution < -0.4 is 17.3 Å². The summed E-state index contributed by atoms with van der Waals surface area (Å²) in [7, 11) is 0. The number of unbranched alkanes of at least 4 members (excludes halogenated alkanes) is 8. The maximum absolute atomic E-state index is 2.31. The maximum Gasteiger partial charge on any atom is 0.0770 e. The molecule has 0 spiro atoms. The summed E-state index contributed by atoms with van der Waals surface area (Å²) in [6, 6.07) is 0. The lowest BCUT2D eigenvalue weighted by molar-refractivity contribution is -0.900. The van der Waals surface area contributed by atoms with Crippen molar-refractivity contribution in [2.45, 2.75) is 91.4 Å². The monoisotopic (exact) mass is 291 g/mol. The zero-order valence-electron chi connectivity index (χ0n) is 13.8. The summed E-state index contributed by atoms with van der Waals surface area (Å²) in [5, 5.41) is 0. The Kier molecular flexibility index (Phi) is 20.7. The first kappa shape index (κ1) is 21.5. The standard InChI is InChI=1S/C17H37N.ClH/c1-4-7-10-13-16-18(15-12-9-6-3)17-14-11-8-5-2;/h4-17H2,1-3H3;1H. The molecule has 0 aromatic carbocycles. The SMILES string of the molecule is CCCCCC[NH+](CCCCC)CCCCCC.[Cl-]. The van der Waals surface area contributed by atoms with Crippen LogP contribution in [-0.2, 0) is 0 Å². The molecule has 0 saturated heterocycles. The Hall–Kier alpha value is 0.250. The molecule has 0 aliphatic rings. The van der Waals surface area contributed by atoms with Crippen LogP contribution in [-0.4, -0.2) is 19.6 Å². The molecule has 0 saturated carbocycles. The minimum absolute atomic E-state index is 0. The van der Waals surface area contributed by atoms with Crippen LogP contribution in [0.2, 0.25) is 0 Å². The molecular formula is C17H38ClN. The van der Waals surface area contributed by atoms with Gasteiger partial charge in [-0.05, 0) is 38.5 Å². The third-order valence-electron chi connectivity index (χ3n) is 3.90. The average Bonchev–Trinajstić information content (AvgIpc) is 2.39. The maximum atomic E-state index is 2.31. The van der Waals surface area contributed by atoms with Crippen molar-refractivity contribution in [3.63, 3.8) is 0 Å². The minimum Gasteiger partial charge on any atom is -1.00 e. The number of hydrogen-bond donors (Lipinski definition) is 1. The first-order valence-corrected chi connectivity index (χ1v) is 8.68. The van der Waals surface area contributed by atoms with E-state index in [1.807, 2.05) is 4.90 Å². The molecule has 19 heavy (non-hydrogen) atoms. The van der Waals surface area contributed by atoms with Crippen molar-refractivity contribution in [3.05, 3.63) is 0 Å². The summed E-state index contributed by atoms with van der Waals surface area (Å²) < 4.78 is 0. The lowest BCUT2D eigenvalue weighted by Gasteiger charge is -2.19. The molecule has 0 aliphatic carbocycles. The minimum atomic E-state index is 0. The lowest BCUT2D eigenvalue weighted by Crippen LogP contribution is -3.12. The Morgan fingerprint density at radius 1 is 0.474 bits per heavy atom. The van der Waals surface area contributed by atoms with Crippen LogP contribution in [0.5, 0.6) is 0 Å². The van der Waals surface area contributed by atoms with Gasteiger partial charge in [-0.1, -0.05) is 52.9 Å². The van der Waals surface area contributed by atoms with Gasteiger partial charge in [0, 0.05) is 0 Å². The Morgan fingerprint density at radius 2 is 0.789 bits per heavy atom. The smallest absolute Gasteiger partial charge is 0.0770 e. The van der Waals surface area contributed by atoms with Crippen LogP contribution in [0.1, 0.15) is 91.4 Å². The normalized spacial score (nSPS) is 10.7. The fourth-order valence-electron chi connectivity index (χ4n) is 2.60. The molecule has 2 heteroatoms. The van der Waals surface area contributed by atoms with E-state index in [1.54, 1.807) is 0 Å². The molecule has 0 atom stereocenters. The Balaban J connectivity index is 0. The zero-order valence-corrected chi connectivity index (χ0v) is 14.5. The summed E-state index contributed by atoms with van der Waals surface area (Å²) >= 11 is 0. The fraction of sp³-hybridized carbons (Fsp3) is 1.00. The van der Waals surface area contributed by atoms with Gasteiger partial charge in [0.25, 0.3) is 0 Å². The zero-order chi connectivity index (χ0) is 13.5. The van der Waals surface area contributed by atoms with E-state index in [2.05, 4.69) is 20.8 Å². The molecule has 0 bridgehead atoms. The molecule has 0 amide bonds. The average molecular weight is 292 g/mol. The van der Waals surface area contributed by atoms with Crippen molar-refractivity contribution >= 4 is 0 Å². The van der Waals surface area contributed by atoms with Crippen molar-refractivity contribution in [1.29, 1.82) is 0 Å². The van der Waals surface area contributed by atoms with Crippen LogP contribution in [0.25, 0.3) is 0 Å². The van der Waals surface area contributed by atoms with Gasteiger partial charge in [0.1, 0.15) is 0 Å². The van der Waals surface area contributed by atoms with Gasteiger partial charge >= 0.3 is 0 Å². The number of rotatable bonds is 14. The first-order valence-electron chi connectivity index (χ1n) is 8.68. The number of nitrogens with one attached hydrogen (secondary N) is 1. The van der Waals surface area contributed by atoms with Gasteiger partial charge in [-0.25, -0.2) is 0 Å². The van der Waals surface area contributed by atoms with Crippen LogP contribution >= 0.6 is 0 Å². The van der Waals surface area contributed by atoms with Gasteiger partial charge in [-0.15, -0.1) is 0 Å². The second-order valence-corrected chi connectivity index (χ2v) is 5.83. The van der Waals surface area contributed by atoms with Gasteiger partial charge in [0.15, 0.2) is 0 Å². The number of hydrogen-bond acceptors (Lipinski definition) is 0. The topological polar surface area (TPSA) is 4.44 Å². The highest BCUT2D eigenvalue weighted by Crippen LogP contribution is 1.98. The van der Waals surface area contributed by atoms with E-state index in [0.717, 1.165) is 0 Å². The molecule has 118 valence electrons. The van der Waals surface area contributed by atoms with Crippen LogP contribution in [0.15, 0.2) is 0 Å². The van der Waals surface area contributed by atoms with Crippen LogP contribution in [0.4, 0.5) is 0 Å². The van der Waals surface area contributed by atoms with Crippen molar-refractivity contribution < 1.29 is 17.3 Å². The molecule has 0 aliphatic heterocycles. The van der Waals surface area contributed by atoms with E-state index < -0.39 is 0 Å². The van der Waals surface area contributed by atoms with E-state index in [9.17, 15) is 0 Å². The summed E-state index contributed by atoms with van der Waals surface area (Å²) in [5.74, 6) is 0. The first-order chi connectivity index (χ1) is 8.85. The molecule has 0 unspecified atom stereocenters. The summed E-state index contributed by atoms with van der Waals surface area (Å²) in [4.78, 5) is 1.88. The number of halogens is 1. The van der Waals surface area contributed by atoms with Crippen molar-refractivity contribution in [2.24, 2.45) is 0 Å². The van der Waals surface area contributed by atoms with E-state index in [-0.39, 0.29) is 12.4 Å². The van der Waals surface area contributed by atoms with E-state index in [4.69, 9.17) is 0 Å². The Bertz CT molecular complexity index is 138. The van der Waals surface area contributed by atoms with Gasteiger partial charge in [0.05, 0.1) is 19.6 Å². The molecule has 0 aromatic rings. The third-order valence-corrected chi connectivity index (χ3v) is 3.90. The second-order valence-electron chi connectivity index (χ2n) is 5.83. The van der Waals surface area contributed by atoms with Crippen molar-refractivity contribution in [2.75, 3.05) is 19.6 Å². The van der Waals surface area contributed by atoms with E-state index in [1.165, 1.54) is 90.3 Å². The molecule has 0 fully saturated rings. The molecule has 1 N–H and O–H groups in total. The predicted molar refractivity (Wildman–Crippen MR) is 83.4 cm³/mol. The number of quaternary nitrogens is 1. The van der Waals surface area contributed by atoms with Crippen LogP contribution in [0.3, 0.4) is 0 Å². The van der Waals surface area contributed by atoms with Crippen molar-refractivity contribution in [1.82, 2.24) is 0 Å². The van der Waals surface area contributed by atoms with Crippen molar-refractivity contribution in [3.8, 4) is 0 Å². The summed E-state index contributed by atoms with van der Waals surface area (Å²) in [5.41, 5.74) is 0. The van der Waals surface area contributed by atoms with Gasteiger partial charge < -0.3 is 17.3 Å². The summed E-state index contributed by atoms with van der Waals surface area (Å²) in [6.07, 6.45) is 15.6. The molecule has 0 heterocycles. The van der Waals surface area contributed by atoms with E-state index >= 15 is 0 Å². The van der Waals surface area contributed by atoms with Gasteiger partial charge in [-0.2, -0.15) is 0 Å². The van der Waals surface area contributed by atoms with Gasteiger partial charge in [0.2, 0.25) is 0 Å². The Morgan fingerprint density at radius 3 is 1.16 bits per heavy atom. The second kappa shape index (κ2) is 18.2. The molecular weight excluding hydrogens is 254 g/mol. The molecule has 0 radical (unpaired) electrons. The third kappa shape index (κ3) is 16.2. The molecule has 0 rings (SSSR count). The highest BCUT2D eigenvalue weighted by Gasteiger charge is 2.07. The Labute approximate surface area is 128 Å². The van der Waals surface area contributed by atoms with E-state index in [0.29, 0.717) is 0 Å². The largest absolute Gasteiger partial charge is 1.00 e. The highest BCUT2D eigenvalue weighted by atomic mass is 35.5.